The van der Waals surface area contributed by atoms with Crippen molar-refractivity contribution >= 4 is 0 Å². The van der Waals surface area contributed by atoms with Crippen molar-refractivity contribution in [3.05, 3.63) is 77.1 Å². The Hall–Kier alpha value is -2.09. The van der Waals surface area contributed by atoms with Crippen LogP contribution in [0, 0.1) is 11.7 Å². The van der Waals surface area contributed by atoms with Gasteiger partial charge in [-0.25, -0.2) is 4.39 Å². The van der Waals surface area contributed by atoms with Crippen LogP contribution in [0.4, 0.5) is 4.39 Å². The first-order valence-electron chi connectivity index (χ1n) is 13.8. The molecule has 4 rings (SSSR count). The second-order valence-corrected chi connectivity index (χ2v) is 10.6. The Kier molecular flexibility index (Phi) is 9.25. The molecular formula is C32H43FO. The number of fused-ring (bicyclic) bond motifs is 1. The minimum absolute atomic E-state index is 0.0122. The summed E-state index contributed by atoms with van der Waals surface area (Å²) in [4.78, 5) is 0. The molecule has 0 radical (unpaired) electrons. The number of halogens is 1. The van der Waals surface area contributed by atoms with E-state index in [1.807, 2.05) is 12.1 Å². The lowest BCUT2D eigenvalue weighted by Gasteiger charge is -2.30. The zero-order valence-electron chi connectivity index (χ0n) is 21.2. The summed E-state index contributed by atoms with van der Waals surface area (Å²) in [6, 6.07) is 12.7. The van der Waals surface area contributed by atoms with Crippen molar-refractivity contribution in [2.45, 2.75) is 102 Å². The van der Waals surface area contributed by atoms with Crippen LogP contribution in [0.2, 0.25) is 0 Å². The normalized spacial score (nSPS) is 22.2. The molecule has 1 fully saturated rings. The molecular weight excluding hydrogens is 419 g/mol. The molecule has 2 aliphatic carbocycles. The molecule has 2 aromatic rings. The largest absolute Gasteiger partial charge is 0.494 e. The summed E-state index contributed by atoms with van der Waals surface area (Å²) in [5.74, 6) is 2.68. The maximum atomic E-state index is 15.3. The van der Waals surface area contributed by atoms with Gasteiger partial charge in [-0.15, -0.1) is 6.58 Å². The first-order chi connectivity index (χ1) is 16.7. The summed E-state index contributed by atoms with van der Waals surface area (Å²) in [5, 5.41) is 0. The summed E-state index contributed by atoms with van der Waals surface area (Å²) in [7, 11) is 0. The maximum Gasteiger partial charge on any atom is 0.126 e. The summed E-state index contributed by atoms with van der Waals surface area (Å²) in [5.41, 5.74) is 4.85. The van der Waals surface area contributed by atoms with Crippen LogP contribution in [-0.2, 0) is 12.8 Å². The van der Waals surface area contributed by atoms with Crippen LogP contribution in [0.5, 0.6) is 5.75 Å². The first-order valence-corrected chi connectivity index (χ1v) is 13.8. The van der Waals surface area contributed by atoms with Crippen molar-refractivity contribution in [2.75, 3.05) is 6.61 Å². The Labute approximate surface area is 206 Å². The first kappa shape index (κ1) is 25.0. The van der Waals surface area contributed by atoms with E-state index < -0.39 is 0 Å². The minimum Gasteiger partial charge on any atom is -0.494 e. The molecule has 0 bridgehead atoms. The molecule has 2 heteroatoms. The number of allylic oxidation sites excluding steroid dienone is 1. The van der Waals surface area contributed by atoms with Crippen LogP contribution in [0.15, 0.2) is 49.1 Å². The van der Waals surface area contributed by atoms with Crippen molar-refractivity contribution in [3.63, 3.8) is 0 Å². The zero-order chi connectivity index (χ0) is 23.8. The molecule has 0 heterocycles. The lowest BCUT2D eigenvalue weighted by molar-refractivity contribution is 0.302. The Morgan fingerprint density at radius 3 is 2.56 bits per heavy atom. The van der Waals surface area contributed by atoms with E-state index in [0.717, 1.165) is 55.9 Å². The molecule has 34 heavy (non-hydrogen) atoms. The van der Waals surface area contributed by atoms with Gasteiger partial charge in [0.15, 0.2) is 0 Å². The van der Waals surface area contributed by atoms with Gasteiger partial charge in [0.25, 0.3) is 0 Å². The van der Waals surface area contributed by atoms with Gasteiger partial charge < -0.3 is 4.74 Å². The van der Waals surface area contributed by atoms with E-state index in [-0.39, 0.29) is 11.7 Å². The maximum absolute atomic E-state index is 15.3. The van der Waals surface area contributed by atoms with Gasteiger partial charge in [0.05, 0.1) is 6.61 Å². The summed E-state index contributed by atoms with van der Waals surface area (Å²) in [6.07, 6.45) is 17.4. The average Bonchev–Trinajstić information content (AvgIpc) is 2.87. The average molecular weight is 463 g/mol. The highest BCUT2D eigenvalue weighted by Gasteiger charge is 2.26. The van der Waals surface area contributed by atoms with E-state index in [0.29, 0.717) is 5.92 Å². The summed E-state index contributed by atoms with van der Waals surface area (Å²) < 4.78 is 21.2. The van der Waals surface area contributed by atoms with Crippen molar-refractivity contribution < 1.29 is 9.13 Å². The predicted molar refractivity (Wildman–Crippen MR) is 141 cm³/mol. The van der Waals surface area contributed by atoms with Gasteiger partial charge in [0.1, 0.15) is 11.6 Å². The third-order valence-corrected chi connectivity index (χ3v) is 8.23. The van der Waals surface area contributed by atoms with Crippen LogP contribution in [0.1, 0.15) is 112 Å². The quantitative estimate of drug-likeness (QED) is 0.239. The number of hydrogen-bond donors (Lipinski definition) is 0. The monoisotopic (exact) mass is 462 g/mol. The Morgan fingerprint density at radius 1 is 0.941 bits per heavy atom. The molecule has 2 aliphatic rings. The molecule has 0 aliphatic heterocycles. The van der Waals surface area contributed by atoms with Gasteiger partial charge in [0.2, 0.25) is 0 Å². The SMILES string of the molecule is C=CCCCOc1ccc2c(c1)CCC(c1ccc(C3CCC(CCCCC)CC3)cc1F)C2. The Balaban J connectivity index is 1.33. The van der Waals surface area contributed by atoms with Crippen LogP contribution < -0.4 is 4.74 Å². The molecule has 1 atom stereocenters. The zero-order valence-corrected chi connectivity index (χ0v) is 21.2. The van der Waals surface area contributed by atoms with Crippen molar-refractivity contribution in [2.24, 2.45) is 5.92 Å². The van der Waals surface area contributed by atoms with Gasteiger partial charge in [-0.3, -0.25) is 0 Å². The second kappa shape index (κ2) is 12.6. The van der Waals surface area contributed by atoms with Crippen LogP contribution in [0.3, 0.4) is 0 Å². The van der Waals surface area contributed by atoms with Gasteiger partial charge >= 0.3 is 0 Å². The highest BCUT2D eigenvalue weighted by atomic mass is 19.1. The molecule has 1 unspecified atom stereocenters. The second-order valence-electron chi connectivity index (χ2n) is 10.6. The Morgan fingerprint density at radius 2 is 1.79 bits per heavy atom. The smallest absolute Gasteiger partial charge is 0.126 e. The molecule has 0 saturated heterocycles. The molecule has 184 valence electrons. The third kappa shape index (κ3) is 6.52. The minimum atomic E-state index is 0.0122. The molecule has 0 spiro atoms. The van der Waals surface area contributed by atoms with Crippen LogP contribution >= 0.6 is 0 Å². The number of unbranched alkanes of at least 4 members (excludes halogenated alkanes) is 3. The molecule has 0 aromatic heterocycles. The highest BCUT2D eigenvalue weighted by Crippen LogP contribution is 2.40. The van der Waals surface area contributed by atoms with Crippen LogP contribution in [-0.4, -0.2) is 6.61 Å². The highest BCUT2D eigenvalue weighted by molar-refractivity contribution is 5.40. The molecule has 0 amide bonds. The van der Waals surface area contributed by atoms with Crippen molar-refractivity contribution in [1.29, 1.82) is 0 Å². The van der Waals surface area contributed by atoms with E-state index in [9.17, 15) is 0 Å². The molecule has 0 N–H and O–H groups in total. The van der Waals surface area contributed by atoms with Gasteiger partial charge in [-0.2, -0.15) is 0 Å². The number of aryl methyl sites for hydroxylation is 1. The summed E-state index contributed by atoms with van der Waals surface area (Å²) in [6.45, 7) is 6.77. The van der Waals surface area contributed by atoms with Gasteiger partial charge in [-0.05, 0) is 116 Å². The number of ether oxygens (including phenoxy) is 1. The fraction of sp³-hybridized carbons (Fsp3) is 0.562. The lowest BCUT2D eigenvalue weighted by atomic mass is 9.76. The van der Waals surface area contributed by atoms with E-state index in [1.165, 1.54) is 68.1 Å². The van der Waals surface area contributed by atoms with Crippen molar-refractivity contribution in [3.8, 4) is 5.75 Å². The lowest BCUT2D eigenvalue weighted by Crippen LogP contribution is -2.16. The summed E-state index contributed by atoms with van der Waals surface area (Å²) >= 11 is 0. The fourth-order valence-corrected chi connectivity index (χ4v) is 6.10. The molecule has 1 saturated carbocycles. The van der Waals surface area contributed by atoms with Crippen LogP contribution in [0.25, 0.3) is 0 Å². The van der Waals surface area contributed by atoms with E-state index in [4.69, 9.17) is 4.74 Å². The van der Waals surface area contributed by atoms with Crippen molar-refractivity contribution in [1.82, 2.24) is 0 Å². The topological polar surface area (TPSA) is 9.23 Å². The fourth-order valence-electron chi connectivity index (χ4n) is 6.10. The van der Waals surface area contributed by atoms with E-state index in [2.05, 4.69) is 43.8 Å². The predicted octanol–water partition coefficient (Wildman–Crippen LogP) is 9.30. The van der Waals surface area contributed by atoms with E-state index in [1.54, 1.807) is 0 Å². The van der Waals surface area contributed by atoms with Gasteiger partial charge in [-0.1, -0.05) is 56.9 Å². The van der Waals surface area contributed by atoms with Gasteiger partial charge in [0, 0.05) is 0 Å². The molecule has 2 aromatic carbocycles. The number of benzene rings is 2. The standard InChI is InChI=1S/C32H43FO/c1-3-5-7-9-24-10-12-25(13-11-24)28-17-19-31(32(33)23-28)29-15-14-27-22-30(18-16-26(27)21-29)34-20-8-6-4-2/h4,16-19,22-25,29H,2-3,5-15,20-21H2,1H3. The Bertz CT molecular complexity index is 925. The number of hydrogen-bond acceptors (Lipinski definition) is 1. The molecule has 1 nitrogen and oxygen atoms in total. The number of rotatable bonds is 11. The van der Waals surface area contributed by atoms with E-state index >= 15 is 4.39 Å². The third-order valence-electron chi connectivity index (χ3n) is 8.23.